The Morgan fingerprint density at radius 3 is 2.67 bits per heavy atom. The number of halogens is 1. The van der Waals surface area contributed by atoms with Gasteiger partial charge in [-0.15, -0.1) is 11.6 Å². The molecule has 4 heteroatoms. The number of ether oxygens (including phenoxy) is 2. The molecule has 0 aliphatic carbocycles. The summed E-state index contributed by atoms with van der Waals surface area (Å²) in [6, 6.07) is 0. The first-order valence-electron chi connectivity index (χ1n) is 4.19. The third-order valence-corrected chi connectivity index (χ3v) is 1.43. The molecule has 1 atom stereocenters. The number of hydrogen-bond donors (Lipinski definition) is 1. The molecular weight excluding hydrogens is 178 g/mol. The summed E-state index contributed by atoms with van der Waals surface area (Å²) < 4.78 is 10.0. The van der Waals surface area contributed by atoms with Crippen molar-refractivity contribution in [2.45, 2.75) is 12.3 Å². The van der Waals surface area contributed by atoms with Crippen molar-refractivity contribution in [3.8, 4) is 0 Å². The van der Waals surface area contributed by atoms with Crippen LogP contribution >= 0.6 is 11.6 Å². The highest BCUT2D eigenvalue weighted by molar-refractivity contribution is 6.20. The molecule has 3 nitrogen and oxygen atoms in total. The van der Waals surface area contributed by atoms with E-state index in [1.807, 2.05) is 6.92 Å². The molecule has 12 heavy (non-hydrogen) atoms. The molecule has 1 unspecified atom stereocenters. The van der Waals surface area contributed by atoms with Crippen molar-refractivity contribution in [1.29, 1.82) is 0 Å². The molecule has 1 N–H and O–H groups in total. The summed E-state index contributed by atoms with van der Waals surface area (Å²) in [4.78, 5) is 0. The molecular formula is C8H18ClNO2. The van der Waals surface area contributed by atoms with Crippen LogP contribution in [0, 0.1) is 0 Å². The molecule has 0 fully saturated rings. The molecule has 0 aromatic carbocycles. The first kappa shape index (κ1) is 12.2. The minimum absolute atomic E-state index is 0.184. The highest BCUT2D eigenvalue weighted by atomic mass is 35.5. The molecule has 0 saturated heterocycles. The average molecular weight is 196 g/mol. The van der Waals surface area contributed by atoms with Gasteiger partial charge in [0.1, 0.15) is 0 Å². The van der Waals surface area contributed by atoms with Crippen molar-refractivity contribution in [2.75, 3.05) is 40.0 Å². The van der Waals surface area contributed by atoms with Crippen LogP contribution in [0.4, 0.5) is 0 Å². The SMILES string of the molecule is COCCOCCNCC(C)Cl. The van der Waals surface area contributed by atoms with Crippen molar-refractivity contribution in [3.05, 3.63) is 0 Å². The highest BCUT2D eigenvalue weighted by Gasteiger charge is 1.93. The van der Waals surface area contributed by atoms with Gasteiger partial charge in [0.2, 0.25) is 0 Å². The zero-order valence-electron chi connectivity index (χ0n) is 7.81. The Kier molecular flexibility index (Phi) is 9.39. The van der Waals surface area contributed by atoms with Gasteiger partial charge in [-0.2, -0.15) is 0 Å². The maximum absolute atomic E-state index is 5.72. The van der Waals surface area contributed by atoms with Crippen LogP contribution in [0.25, 0.3) is 0 Å². The lowest BCUT2D eigenvalue weighted by atomic mass is 10.4. The summed E-state index contributed by atoms with van der Waals surface area (Å²) in [5.74, 6) is 0. The fourth-order valence-electron chi connectivity index (χ4n) is 0.690. The molecule has 0 spiro atoms. The molecule has 0 radical (unpaired) electrons. The van der Waals surface area contributed by atoms with Gasteiger partial charge in [-0.05, 0) is 6.92 Å². The predicted octanol–water partition coefficient (Wildman–Crippen LogP) is 0.866. The van der Waals surface area contributed by atoms with E-state index in [4.69, 9.17) is 21.1 Å². The monoisotopic (exact) mass is 195 g/mol. The Morgan fingerprint density at radius 2 is 2.08 bits per heavy atom. The maximum Gasteiger partial charge on any atom is 0.0700 e. The quantitative estimate of drug-likeness (QED) is 0.461. The lowest BCUT2D eigenvalue weighted by Crippen LogP contribution is -2.25. The molecule has 0 amide bonds. The molecule has 0 aromatic heterocycles. The van der Waals surface area contributed by atoms with E-state index >= 15 is 0 Å². The van der Waals surface area contributed by atoms with E-state index in [1.165, 1.54) is 0 Å². The Hall–Kier alpha value is 0.170. The van der Waals surface area contributed by atoms with Gasteiger partial charge in [-0.25, -0.2) is 0 Å². The number of methoxy groups -OCH3 is 1. The molecule has 0 saturated carbocycles. The average Bonchev–Trinajstić information content (AvgIpc) is 2.02. The van der Waals surface area contributed by atoms with Gasteiger partial charge in [-0.3, -0.25) is 0 Å². The molecule has 0 aromatic rings. The summed E-state index contributed by atoms with van der Waals surface area (Å²) in [7, 11) is 1.66. The number of nitrogens with one attached hydrogen (secondary N) is 1. The third kappa shape index (κ3) is 10.2. The zero-order valence-corrected chi connectivity index (χ0v) is 8.56. The van der Waals surface area contributed by atoms with Crippen LogP contribution in [0.15, 0.2) is 0 Å². The van der Waals surface area contributed by atoms with Crippen molar-refractivity contribution in [2.24, 2.45) is 0 Å². The van der Waals surface area contributed by atoms with Crippen molar-refractivity contribution >= 4 is 11.6 Å². The van der Waals surface area contributed by atoms with E-state index < -0.39 is 0 Å². The molecule has 0 aliphatic rings. The second kappa shape index (κ2) is 9.26. The second-order valence-electron chi connectivity index (χ2n) is 2.59. The van der Waals surface area contributed by atoms with Gasteiger partial charge < -0.3 is 14.8 Å². The van der Waals surface area contributed by atoms with Crippen molar-refractivity contribution < 1.29 is 9.47 Å². The minimum atomic E-state index is 0.184. The van der Waals surface area contributed by atoms with Gasteiger partial charge in [0, 0.05) is 25.6 Å². The Bertz CT molecular complexity index is 91.1. The second-order valence-corrected chi connectivity index (χ2v) is 3.34. The molecule has 0 bridgehead atoms. The van der Waals surface area contributed by atoms with Crippen molar-refractivity contribution in [3.63, 3.8) is 0 Å². The summed E-state index contributed by atoms with van der Waals surface area (Å²) in [5, 5.41) is 3.35. The van der Waals surface area contributed by atoms with Crippen LogP contribution in [0.1, 0.15) is 6.92 Å². The van der Waals surface area contributed by atoms with Gasteiger partial charge in [0.25, 0.3) is 0 Å². The van der Waals surface area contributed by atoms with Crippen LogP contribution < -0.4 is 5.32 Å². The van der Waals surface area contributed by atoms with Crippen LogP contribution in [0.3, 0.4) is 0 Å². The molecule has 0 aliphatic heterocycles. The Labute approximate surface area is 79.4 Å². The lowest BCUT2D eigenvalue weighted by Gasteiger charge is -2.06. The predicted molar refractivity (Wildman–Crippen MR) is 50.9 cm³/mol. The van der Waals surface area contributed by atoms with Crippen LogP contribution in [0.5, 0.6) is 0 Å². The van der Waals surface area contributed by atoms with E-state index in [0.717, 1.165) is 13.1 Å². The van der Waals surface area contributed by atoms with E-state index in [-0.39, 0.29) is 5.38 Å². The standard InChI is InChI=1S/C8H18ClNO2/c1-8(9)7-10-3-4-12-6-5-11-2/h8,10H,3-7H2,1-2H3. The third-order valence-electron chi connectivity index (χ3n) is 1.28. The summed E-state index contributed by atoms with van der Waals surface area (Å²) in [5.41, 5.74) is 0. The molecule has 0 heterocycles. The first-order valence-corrected chi connectivity index (χ1v) is 4.62. The summed E-state index contributed by atoms with van der Waals surface area (Å²) >= 11 is 5.72. The van der Waals surface area contributed by atoms with E-state index in [2.05, 4.69) is 5.32 Å². The van der Waals surface area contributed by atoms with E-state index in [1.54, 1.807) is 7.11 Å². The normalized spacial score (nSPS) is 13.2. The first-order chi connectivity index (χ1) is 5.77. The Balaban J connectivity index is 2.82. The minimum Gasteiger partial charge on any atom is -0.382 e. The molecule has 74 valence electrons. The number of rotatable bonds is 8. The zero-order chi connectivity index (χ0) is 9.23. The molecule has 0 rings (SSSR count). The van der Waals surface area contributed by atoms with Crippen LogP contribution in [0.2, 0.25) is 0 Å². The number of alkyl halides is 1. The maximum atomic E-state index is 5.72. The lowest BCUT2D eigenvalue weighted by molar-refractivity contribution is 0.0721. The number of hydrogen-bond acceptors (Lipinski definition) is 3. The summed E-state index contributed by atoms with van der Waals surface area (Å²) in [6.07, 6.45) is 0. The highest BCUT2D eigenvalue weighted by Crippen LogP contribution is 1.88. The topological polar surface area (TPSA) is 30.5 Å². The van der Waals surface area contributed by atoms with Crippen molar-refractivity contribution in [1.82, 2.24) is 5.32 Å². The fourth-order valence-corrected chi connectivity index (χ4v) is 0.799. The van der Waals surface area contributed by atoms with Gasteiger partial charge in [0.05, 0.1) is 19.8 Å². The fraction of sp³-hybridized carbons (Fsp3) is 1.00. The van der Waals surface area contributed by atoms with Gasteiger partial charge in [0.15, 0.2) is 0 Å². The smallest absolute Gasteiger partial charge is 0.0700 e. The van der Waals surface area contributed by atoms with Crippen LogP contribution in [-0.4, -0.2) is 45.4 Å². The van der Waals surface area contributed by atoms with Crippen LogP contribution in [-0.2, 0) is 9.47 Å². The Morgan fingerprint density at radius 1 is 1.33 bits per heavy atom. The van der Waals surface area contributed by atoms with Gasteiger partial charge >= 0.3 is 0 Å². The van der Waals surface area contributed by atoms with E-state index in [0.29, 0.717) is 19.8 Å². The van der Waals surface area contributed by atoms with Gasteiger partial charge in [-0.1, -0.05) is 0 Å². The largest absolute Gasteiger partial charge is 0.382 e. The van der Waals surface area contributed by atoms with E-state index in [9.17, 15) is 0 Å². The summed E-state index contributed by atoms with van der Waals surface area (Å²) in [6.45, 7) is 5.67.